The van der Waals surface area contributed by atoms with Crippen LogP contribution in [0.5, 0.6) is 0 Å². The second-order valence-corrected chi connectivity index (χ2v) is 9.86. The molecule has 1 fully saturated rings. The molecular formula is C23H25N3O5S. The molecule has 0 saturated carbocycles. The number of para-hydroxylation sites is 1. The summed E-state index contributed by atoms with van der Waals surface area (Å²) in [5.74, 6) is -0.980. The van der Waals surface area contributed by atoms with Crippen LogP contribution in [0.3, 0.4) is 0 Å². The molecule has 1 aliphatic heterocycles. The maximum absolute atomic E-state index is 12.7. The number of benzene rings is 2. The van der Waals surface area contributed by atoms with E-state index in [0.29, 0.717) is 37.1 Å². The predicted molar refractivity (Wildman–Crippen MR) is 124 cm³/mol. The minimum atomic E-state index is -3.52. The van der Waals surface area contributed by atoms with Crippen LogP contribution < -0.4 is 15.6 Å². The molecule has 2 aromatic carbocycles. The Morgan fingerprint density at radius 2 is 1.78 bits per heavy atom. The van der Waals surface area contributed by atoms with Crippen LogP contribution in [0, 0.1) is 6.92 Å². The third-order valence-electron chi connectivity index (χ3n) is 5.50. The highest BCUT2D eigenvalue weighted by atomic mass is 32.2. The SMILES string of the molecule is Cc1cccc(N2CCN(S(=O)(=O)CCNC(=O)c3cc(=O)c4ccccc4o3)CC2)c1. The largest absolute Gasteiger partial charge is 0.451 e. The normalized spacial score (nSPS) is 15.1. The van der Waals surface area contributed by atoms with Gasteiger partial charge in [-0.25, -0.2) is 8.42 Å². The number of nitrogens with zero attached hydrogens (tertiary/aromatic N) is 2. The molecule has 1 aliphatic rings. The number of aryl methyl sites for hydroxylation is 1. The van der Waals surface area contributed by atoms with Crippen LogP contribution >= 0.6 is 0 Å². The molecule has 0 unspecified atom stereocenters. The fourth-order valence-corrected chi connectivity index (χ4v) is 5.11. The van der Waals surface area contributed by atoms with Crippen LogP contribution in [-0.2, 0) is 10.0 Å². The smallest absolute Gasteiger partial charge is 0.287 e. The molecule has 32 heavy (non-hydrogen) atoms. The number of rotatable bonds is 6. The van der Waals surface area contributed by atoms with Gasteiger partial charge in [0.1, 0.15) is 5.58 Å². The van der Waals surface area contributed by atoms with E-state index in [0.717, 1.165) is 17.3 Å². The zero-order valence-corrected chi connectivity index (χ0v) is 18.6. The second-order valence-electron chi connectivity index (χ2n) is 7.77. The van der Waals surface area contributed by atoms with Gasteiger partial charge >= 0.3 is 0 Å². The number of fused-ring (bicyclic) bond motifs is 1. The van der Waals surface area contributed by atoms with Crippen molar-refractivity contribution in [3.63, 3.8) is 0 Å². The van der Waals surface area contributed by atoms with Gasteiger partial charge < -0.3 is 14.6 Å². The first-order valence-electron chi connectivity index (χ1n) is 10.4. The van der Waals surface area contributed by atoms with Crippen molar-refractivity contribution in [2.45, 2.75) is 6.92 Å². The molecule has 1 N–H and O–H groups in total. The molecule has 168 valence electrons. The van der Waals surface area contributed by atoms with Crippen LogP contribution in [0.15, 0.2) is 63.8 Å². The quantitative estimate of drug-likeness (QED) is 0.610. The van der Waals surface area contributed by atoms with Crippen LogP contribution in [0.1, 0.15) is 16.1 Å². The van der Waals surface area contributed by atoms with E-state index in [2.05, 4.69) is 16.3 Å². The van der Waals surface area contributed by atoms with Crippen molar-refractivity contribution in [3.8, 4) is 0 Å². The topological polar surface area (TPSA) is 99.9 Å². The summed E-state index contributed by atoms with van der Waals surface area (Å²) in [5, 5.41) is 2.92. The third kappa shape index (κ3) is 4.84. The lowest BCUT2D eigenvalue weighted by Gasteiger charge is -2.35. The number of nitrogens with one attached hydrogen (secondary N) is 1. The summed E-state index contributed by atoms with van der Waals surface area (Å²) in [6, 6.07) is 15.9. The van der Waals surface area contributed by atoms with Gasteiger partial charge in [-0.15, -0.1) is 0 Å². The highest BCUT2D eigenvalue weighted by Crippen LogP contribution is 2.19. The second kappa shape index (κ2) is 9.13. The molecular weight excluding hydrogens is 430 g/mol. The Balaban J connectivity index is 1.32. The number of piperazine rings is 1. The van der Waals surface area contributed by atoms with Crippen LogP contribution in [0.4, 0.5) is 5.69 Å². The third-order valence-corrected chi connectivity index (χ3v) is 7.37. The minimum absolute atomic E-state index is 0.0736. The molecule has 8 nitrogen and oxygen atoms in total. The molecule has 9 heteroatoms. The molecule has 3 aromatic rings. The fourth-order valence-electron chi connectivity index (χ4n) is 3.77. The highest BCUT2D eigenvalue weighted by Gasteiger charge is 2.27. The average molecular weight is 456 g/mol. The summed E-state index contributed by atoms with van der Waals surface area (Å²) in [6.45, 7) is 3.96. The van der Waals surface area contributed by atoms with E-state index < -0.39 is 15.9 Å². The Labute approximate surface area is 186 Å². The zero-order chi connectivity index (χ0) is 22.7. The van der Waals surface area contributed by atoms with Crippen molar-refractivity contribution in [2.24, 2.45) is 0 Å². The lowest BCUT2D eigenvalue weighted by atomic mass is 10.2. The van der Waals surface area contributed by atoms with Gasteiger partial charge in [-0.1, -0.05) is 24.3 Å². The van der Waals surface area contributed by atoms with Crippen molar-refractivity contribution >= 4 is 32.6 Å². The van der Waals surface area contributed by atoms with Crippen molar-refractivity contribution in [2.75, 3.05) is 43.4 Å². The predicted octanol–water partition coefficient (Wildman–Crippen LogP) is 1.98. The molecule has 1 amide bonds. The zero-order valence-electron chi connectivity index (χ0n) is 17.8. The maximum atomic E-state index is 12.7. The van der Waals surface area contributed by atoms with Crippen LogP contribution in [-0.4, -0.2) is 57.1 Å². The number of hydrogen-bond acceptors (Lipinski definition) is 6. The lowest BCUT2D eigenvalue weighted by molar-refractivity contribution is 0.0929. The highest BCUT2D eigenvalue weighted by molar-refractivity contribution is 7.89. The van der Waals surface area contributed by atoms with E-state index >= 15 is 0 Å². The number of hydrogen-bond donors (Lipinski definition) is 1. The maximum Gasteiger partial charge on any atom is 0.287 e. The summed E-state index contributed by atoms with van der Waals surface area (Å²) in [6.07, 6.45) is 0. The van der Waals surface area contributed by atoms with Crippen molar-refractivity contribution in [1.29, 1.82) is 0 Å². The Hall–Kier alpha value is -3.17. The minimum Gasteiger partial charge on any atom is -0.451 e. The fraction of sp³-hybridized carbons (Fsp3) is 0.304. The summed E-state index contributed by atoms with van der Waals surface area (Å²) < 4.78 is 32.4. The molecule has 0 bridgehead atoms. The number of carbonyl (C=O) groups is 1. The summed E-state index contributed by atoms with van der Waals surface area (Å²) in [7, 11) is -3.52. The van der Waals surface area contributed by atoms with Gasteiger partial charge in [0.25, 0.3) is 5.91 Å². The van der Waals surface area contributed by atoms with Gasteiger partial charge in [-0.2, -0.15) is 4.31 Å². The van der Waals surface area contributed by atoms with Crippen LogP contribution in [0.25, 0.3) is 11.0 Å². The molecule has 0 radical (unpaired) electrons. The first-order chi connectivity index (χ1) is 15.3. The lowest BCUT2D eigenvalue weighted by Crippen LogP contribution is -2.50. The standard InChI is InChI=1S/C23H25N3O5S/c1-17-5-4-6-18(15-17)25-10-12-26(13-11-25)32(29,30)14-9-24-23(28)22-16-20(27)19-7-2-3-8-21(19)31-22/h2-8,15-16H,9-14H2,1H3,(H,24,28). The number of sulfonamides is 1. The molecule has 0 atom stereocenters. The summed E-state index contributed by atoms with van der Waals surface area (Å²) in [5.41, 5.74) is 2.24. The van der Waals surface area contributed by atoms with Crippen molar-refractivity contribution in [3.05, 3.63) is 76.1 Å². The van der Waals surface area contributed by atoms with Gasteiger partial charge in [-0.05, 0) is 36.8 Å². The molecule has 0 spiro atoms. The summed E-state index contributed by atoms with van der Waals surface area (Å²) in [4.78, 5) is 26.7. The van der Waals surface area contributed by atoms with Gasteiger partial charge in [0.2, 0.25) is 10.0 Å². The molecule has 1 saturated heterocycles. The Morgan fingerprint density at radius 1 is 1.03 bits per heavy atom. The number of amides is 1. The monoisotopic (exact) mass is 455 g/mol. The molecule has 1 aromatic heterocycles. The Bertz CT molecular complexity index is 1290. The Morgan fingerprint density at radius 3 is 2.53 bits per heavy atom. The van der Waals surface area contributed by atoms with E-state index in [1.807, 2.05) is 25.1 Å². The van der Waals surface area contributed by atoms with Gasteiger partial charge in [0.15, 0.2) is 11.2 Å². The first-order valence-corrected chi connectivity index (χ1v) is 12.0. The average Bonchev–Trinajstić information content (AvgIpc) is 2.79. The van der Waals surface area contributed by atoms with Gasteiger partial charge in [0.05, 0.1) is 11.1 Å². The van der Waals surface area contributed by atoms with E-state index in [-0.39, 0.29) is 23.5 Å². The van der Waals surface area contributed by atoms with E-state index in [1.165, 1.54) is 4.31 Å². The summed E-state index contributed by atoms with van der Waals surface area (Å²) >= 11 is 0. The van der Waals surface area contributed by atoms with E-state index in [4.69, 9.17) is 4.42 Å². The molecule has 2 heterocycles. The number of anilines is 1. The molecule has 4 rings (SSSR count). The van der Waals surface area contributed by atoms with Gasteiger partial charge in [0, 0.05) is 44.5 Å². The van der Waals surface area contributed by atoms with Crippen molar-refractivity contribution in [1.82, 2.24) is 9.62 Å². The van der Waals surface area contributed by atoms with Gasteiger partial charge in [-0.3, -0.25) is 9.59 Å². The Kier molecular flexibility index (Phi) is 6.29. The van der Waals surface area contributed by atoms with Crippen LogP contribution in [0.2, 0.25) is 0 Å². The van der Waals surface area contributed by atoms with E-state index in [9.17, 15) is 18.0 Å². The first kappa shape index (κ1) is 22.0. The molecule has 0 aliphatic carbocycles. The van der Waals surface area contributed by atoms with Crippen molar-refractivity contribution < 1.29 is 17.6 Å². The van der Waals surface area contributed by atoms with E-state index in [1.54, 1.807) is 24.3 Å². The number of carbonyl (C=O) groups excluding carboxylic acids is 1.